The molecule has 0 saturated heterocycles. The highest BCUT2D eigenvalue weighted by Gasteiger charge is 2.35. The van der Waals surface area contributed by atoms with Gasteiger partial charge >= 0.3 is 7.82 Å². The maximum absolute atomic E-state index is 11.1. The molecule has 9 heteroatoms. The minimum atomic E-state index is -4.75. The molecule has 0 fully saturated rings. The van der Waals surface area contributed by atoms with E-state index in [4.69, 9.17) is 21.3 Å². The predicted molar refractivity (Wildman–Crippen MR) is 86.5 cm³/mol. The first kappa shape index (κ1) is 20.3. The van der Waals surface area contributed by atoms with Crippen molar-refractivity contribution in [1.29, 1.82) is 0 Å². The molecule has 2 aromatic rings. The van der Waals surface area contributed by atoms with Crippen LogP contribution in [0, 0.1) is 0 Å². The Labute approximate surface area is 134 Å². The summed E-state index contributed by atoms with van der Waals surface area (Å²) in [6, 6.07) is 12.6. The third kappa shape index (κ3) is 4.64. The molecule has 0 aromatic heterocycles. The zero-order chi connectivity index (χ0) is 14.1. The first-order chi connectivity index (χ1) is 8.86. The normalized spacial score (nSPS) is 13.9. The number of hydrogen-bond acceptors (Lipinski definition) is 4. The molecular weight excluding hydrogens is 338 g/mol. The molecule has 0 saturated carbocycles. The maximum Gasteiger partial charge on any atom is 0.471 e. The van der Waals surface area contributed by atoms with Gasteiger partial charge in [-0.05, 0) is 10.8 Å². The van der Waals surface area contributed by atoms with Gasteiger partial charge in [0.05, 0.1) is 0 Å². The Morgan fingerprint density at radius 1 is 1.10 bits per heavy atom. The van der Waals surface area contributed by atoms with Gasteiger partial charge in [-0.15, -0.1) is 24.8 Å². The van der Waals surface area contributed by atoms with Crippen molar-refractivity contribution >= 4 is 43.4 Å². The fourth-order valence-electron chi connectivity index (χ4n) is 2.00. The number of halogens is 2. The van der Waals surface area contributed by atoms with Crippen LogP contribution in [0.5, 0.6) is 0 Å². The van der Waals surface area contributed by atoms with E-state index in [2.05, 4.69) is 4.52 Å². The van der Waals surface area contributed by atoms with Gasteiger partial charge in [0.1, 0.15) is 0 Å². The predicted octanol–water partition coefficient (Wildman–Crippen LogP) is 1.86. The van der Waals surface area contributed by atoms with Gasteiger partial charge in [-0.2, -0.15) is 0 Å². The minimum absolute atomic E-state index is 0. The van der Waals surface area contributed by atoms with Crippen LogP contribution in [0.25, 0.3) is 10.8 Å². The van der Waals surface area contributed by atoms with Crippen LogP contribution >= 0.6 is 32.6 Å². The Morgan fingerprint density at radius 3 is 2.24 bits per heavy atom. The second-order valence-corrected chi connectivity index (χ2v) is 5.37. The zero-order valence-electron chi connectivity index (χ0n) is 10.9. The lowest BCUT2D eigenvalue weighted by molar-refractivity contribution is 0.0445. The van der Waals surface area contributed by atoms with Crippen molar-refractivity contribution < 1.29 is 18.9 Å². The van der Waals surface area contributed by atoms with Gasteiger partial charge in [0.2, 0.25) is 0 Å². The Balaban J connectivity index is 0.00000200. The van der Waals surface area contributed by atoms with Gasteiger partial charge in [0, 0.05) is 12.1 Å². The second kappa shape index (κ2) is 7.54. The third-order valence-electron chi connectivity index (χ3n) is 2.83. The summed E-state index contributed by atoms with van der Waals surface area (Å²) in [5.41, 5.74) is 10.2. The van der Waals surface area contributed by atoms with Crippen molar-refractivity contribution in [3.63, 3.8) is 0 Å². The monoisotopic (exact) mass is 354 g/mol. The molecule has 21 heavy (non-hydrogen) atoms. The highest BCUT2D eigenvalue weighted by molar-refractivity contribution is 7.46. The van der Waals surface area contributed by atoms with Crippen LogP contribution in [-0.2, 0) is 14.8 Å². The topological polar surface area (TPSA) is 119 Å². The average Bonchev–Trinajstić information content (AvgIpc) is 2.36. The number of rotatable bonds is 4. The van der Waals surface area contributed by atoms with Gasteiger partial charge in [-0.3, -0.25) is 10.3 Å². The van der Waals surface area contributed by atoms with Crippen LogP contribution in [0.4, 0.5) is 0 Å². The van der Waals surface area contributed by atoms with Crippen LogP contribution in [0.15, 0.2) is 42.5 Å². The number of phosphoric ester groups is 1. The van der Waals surface area contributed by atoms with Crippen molar-refractivity contribution in [2.24, 2.45) is 11.5 Å². The van der Waals surface area contributed by atoms with Gasteiger partial charge in [0.25, 0.3) is 0 Å². The van der Waals surface area contributed by atoms with Crippen LogP contribution in [0.2, 0.25) is 0 Å². The molecule has 2 aromatic carbocycles. The molecule has 1 unspecified atom stereocenters. The molecule has 2 rings (SSSR count). The van der Waals surface area contributed by atoms with Crippen molar-refractivity contribution in [2.45, 2.75) is 5.72 Å². The van der Waals surface area contributed by atoms with Gasteiger partial charge < -0.3 is 15.5 Å². The van der Waals surface area contributed by atoms with E-state index < -0.39 is 13.5 Å². The molecule has 0 heterocycles. The number of phosphoric acid groups is 1. The Hall–Kier alpha value is -0.690. The lowest BCUT2D eigenvalue weighted by atomic mass is 9.96. The maximum atomic E-state index is 11.1. The smallest absolute Gasteiger partial charge is 0.326 e. The van der Waals surface area contributed by atoms with E-state index >= 15 is 0 Å². The molecule has 0 radical (unpaired) electrons. The molecule has 6 N–H and O–H groups in total. The second-order valence-electron chi connectivity index (χ2n) is 4.20. The number of nitrogens with two attached hydrogens (primary N) is 2. The van der Waals surface area contributed by atoms with Crippen molar-refractivity contribution in [1.82, 2.24) is 0 Å². The van der Waals surface area contributed by atoms with Gasteiger partial charge in [-0.25, -0.2) is 4.57 Å². The first-order valence-corrected chi connectivity index (χ1v) is 7.12. The summed E-state index contributed by atoms with van der Waals surface area (Å²) in [5, 5.41) is 1.63. The standard InChI is InChI=1S/C12H15N2O4P.2ClH/c13-8-12(14,18-19(15,16)17)11-7-3-5-9-4-1-2-6-10(9)11;;/h1-7H,8,13-14H2,(H2,15,16,17);2*1H. The van der Waals surface area contributed by atoms with Crippen molar-refractivity contribution in [2.75, 3.05) is 6.54 Å². The Kier molecular flexibility index (Phi) is 7.29. The zero-order valence-corrected chi connectivity index (χ0v) is 13.4. The van der Waals surface area contributed by atoms with Crippen molar-refractivity contribution in [3.05, 3.63) is 48.0 Å². The van der Waals surface area contributed by atoms with E-state index in [-0.39, 0.29) is 31.4 Å². The van der Waals surface area contributed by atoms with Crippen molar-refractivity contribution in [3.8, 4) is 0 Å². The largest absolute Gasteiger partial charge is 0.471 e. The summed E-state index contributed by atoms with van der Waals surface area (Å²) < 4.78 is 15.7. The van der Waals surface area contributed by atoms with E-state index in [1.54, 1.807) is 24.3 Å². The van der Waals surface area contributed by atoms with Crippen LogP contribution in [0.3, 0.4) is 0 Å². The number of fused-ring (bicyclic) bond motifs is 1. The Bertz CT molecular complexity index is 647. The summed E-state index contributed by atoms with van der Waals surface area (Å²) in [6.07, 6.45) is 0. The molecule has 1 atom stereocenters. The molecule has 118 valence electrons. The van der Waals surface area contributed by atoms with E-state index in [1.165, 1.54) is 0 Å². The van der Waals surface area contributed by atoms with Gasteiger partial charge in [0.15, 0.2) is 5.72 Å². The first-order valence-electron chi connectivity index (χ1n) is 5.59. The van der Waals surface area contributed by atoms with E-state index in [1.807, 2.05) is 18.2 Å². The molecule has 0 amide bonds. The van der Waals surface area contributed by atoms with Crippen LogP contribution < -0.4 is 11.5 Å². The van der Waals surface area contributed by atoms with E-state index in [0.29, 0.717) is 5.56 Å². The highest BCUT2D eigenvalue weighted by atomic mass is 35.5. The third-order valence-corrected chi connectivity index (χ3v) is 3.39. The molecule has 6 nitrogen and oxygen atoms in total. The lowest BCUT2D eigenvalue weighted by Crippen LogP contribution is -2.45. The highest BCUT2D eigenvalue weighted by Crippen LogP contribution is 2.44. The summed E-state index contributed by atoms with van der Waals surface area (Å²) >= 11 is 0. The lowest BCUT2D eigenvalue weighted by Gasteiger charge is -2.29. The molecule has 0 bridgehead atoms. The summed E-state index contributed by atoms with van der Waals surface area (Å²) in [7, 11) is -4.75. The molecule has 0 spiro atoms. The van der Waals surface area contributed by atoms with Gasteiger partial charge in [-0.1, -0.05) is 42.5 Å². The summed E-state index contributed by atoms with van der Waals surface area (Å²) in [5.74, 6) is 0. The van der Waals surface area contributed by atoms with E-state index in [9.17, 15) is 4.57 Å². The summed E-state index contributed by atoms with van der Waals surface area (Å²) in [6.45, 7) is -0.258. The quantitative estimate of drug-likeness (QED) is 0.491. The molecular formula is C12H17Cl2N2O4P. The Morgan fingerprint density at radius 2 is 1.67 bits per heavy atom. The fraction of sp³-hybridized carbons (Fsp3) is 0.167. The number of hydrogen-bond donors (Lipinski definition) is 4. The minimum Gasteiger partial charge on any atom is -0.326 e. The average molecular weight is 355 g/mol. The van der Waals surface area contributed by atoms with Crippen LogP contribution in [-0.4, -0.2) is 16.3 Å². The molecule has 0 aliphatic carbocycles. The number of benzene rings is 2. The van der Waals surface area contributed by atoms with E-state index in [0.717, 1.165) is 10.8 Å². The SMILES string of the molecule is Cl.Cl.NCC(N)(OP(=O)(O)O)c1cccc2ccccc12. The fourth-order valence-corrected chi connectivity index (χ4v) is 2.60. The summed E-state index contributed by atoms with van der Waals surface area (Å²) in [4.78, 5) is 17.9. The molecule has 0 aliphatic rings. The molecule has 0 aliphatic heterocycles. The van der Waals surface area contributed by atoms with Crippen LogP contribution in [0.1, 0.15) is 5.56 Å².